The smallest absolute Gasteiger partial charge is 0.124 e. The molecule has 3 rings (SSSR count). The monoisotopic (exact) mass is 312 g/mol. The number of ether oxygens (including phenoxy) is 1. The van der Waals surface area contributed by atoms with Crippen molar-refractivity contribution in [3.8, 4) is 5.75 Å². The molecule has 1 aliphatic carbocycles. The Morgan fingerprint density at radius 1 is 1.17 bits per heavy atom. The predicted molar refractivity (Wildman–Crippen MR) is 98.3 cm³/mol. The summed E-state index contributed by atoms with van der Waals surface area (Å²) in [5.74, 6) is 2.39. The van der Waals surface area contributed by atoms with Gasteiger partial charge in [-0.1, -0.05) is 37.5 Å². The second-order valence-corrected chi connectivity index (χ2v) is 8.19. The van der Waals surface area contributed by atoms with E-state index in [0.717, 1.165) is 12.2 Å². The first-order valence-corrected chi connectivity index (χ1v) is 9.40. The third-order valence-electron chi connectivity index (χ3n) is 5.86. The first kappa shape index (κ1) is 16.6. The molecule has 1 aliphatic heterocycles. The maximum absolute atomic E-state index is 6.52. The van der Waals surface area contributed by atoms with Crippen LogP contribution in [0, 0.1) is 12.8 Å². The van der Waals surface area contributed by atoms with Gasteiger partial charge in [0.15, 0.2) is 0 Å². The molecule has 1 heteroatoms. The summed E-state index contributed by atoms with van der Waals surface area (Å²) in [5.41, 5.74) is 5.85. The minimum absolute atomic E-state index is 0.0661. The highest BCUT2D eigenvalue weighted by molar-refractivity contribution is 5.49. The van der Waals surface area contributed by atoms with Gasteiger partial charge in [0.05, 0.1) is 0 Å². The Balaban J connectivity index is 1.96. The Bertz CT molecular complexity index is 609. The molecule has 126 valence electrons. The first-order chi connectivity index (χ1) is 10.9. The summed E-state index contributed by atoms with van der Waals surface area (Å²) >= 11 is 0. The van der Waals surface area contributed by atoms with E-state index < -0.39 is 0 Å². The van der Waals surface area contributed by atoms with E-state index in [0.29, 0.717) is 11.8 Å². The van der Waals surface area contributed by atoms with Gasteiger partial charge < -0.3 is 4.74 Å². The lowest BCUT2D eigenvalue weighted by Crippen LogP contribution is -2.45. The van der Waals surface area contributed by atoms with Crippen LogP contribution in [-0.4, -0.2) is 5.60 Å². The third kappa shape index (κ3) is 3.20. The number of hydrogen-bond donors (Lipinski definition) is 0. The highest BCUT2D eigenvalue weighted by atomic mass is 16.5. The Morgan fingerprint density at radius 3 is 2.70 bits per heavy atom. The number of hydrogen-bond acceptors (Lipinski definition) is 1. The lowest BCUT2D eigenvalue weighted by molar-refractivity contribution is 0.00821. The number of unbranched alkanes of at least 4 members (excludes halogenated alkanes) is 2. The molecule has 1 nitrogen and oxygen atoms in total. The van der Waals surface area contributed by atoms with Gasteiger partial charge in [-0.15, -0.1) is 0 Å². The summed E-state index contributed by atoms with van der Waals surface area (Å²) in [6.07, 6.45) is 9.83. The van der Waals surface area contributed by atoms with Crippen molar-refractivity contribution < 1.29 is 4.74 Å². The number of fused-ring (bicyclic) bond motifs is 3. The second kappa shape index (κ2) is 6.34. The molecule has 0 radical (unpaired) electrons. The van der Waals surface area contributed by atoms with Crippen LogP contribution in [-0.2, 0) is 6.42 Å². The van der Waals surface area contributed by atoms with Gasteiger partial charge in [-0.25, -0.2) is 0 Å². The van der Waals surface area contributed by atoms with Crippen LogP contribution in [0.15, 0.2) is 23.8 Å². The van der Waals surface area contributed by atoms with Crippen molar-refractivity contribution >= 4 is 0 Å². The molecule has 0 saturated heterocycles. The van der Waals surface area contributed by atoms with E-state index in [4.69, 9.17) is 4.74 Å². The summed E-state index contributed by atoms with van der Waals surface area (Å²) in [6.45, 7) is 11.4. The Hall–Kier alpha value is -1.24. The average molecular weight is 312 g/mol. The highest BCUT2D eigenvalue weighted by Crippen LogP contribution is 2.52. The van der Waals surface area contributed by atoms with Crippen molar-refractivity contribution in [3.05, 3.63) is 40.5 Å². The SMILES string of the molecule is CCCCCc1cc(C)c2c(c1)OC(C)(C)[C@H]1CC=C(C)C[C@H]21. The molecule has 0 spiro atoms. The van der Waals surface area contributed by atoms with Crippen molar-refractivity contribution in [1.82, 2.24) is 0 Å². The lowest BCUT2D eigenvalue weighted by Gasteiger charge is -2.47. The van der Waals surface area contributed by atoms with Crippen molar-refractivity contribution in [2.75, 3.05) is 0 Å². The molecule has 0 N–H and O–H groups in total. The van der Waals surface area contributed by atoms with Gasteiger partial charge in [0.25, 0.3) is 0 Å². The zero-order valence-electron chi connectivity index (χ0n) is 15.5. The standard InChI is InChI=1S/C22H32O/c1-6-7-8-9-17-13-16(3)21-18-12-15(2)10-11-19(18)22(4,5)23-20(21)14-17/h10,13-14,18-19H,6-9,11-12H2,1-5H3/t18-,19-/m0/s1. The Kier molecular flexibility index (Phi) is 4.58. The largest absolute Gasteiger partial charge is 0.487 e. The molecular weight excluding hydrogens is 280 g/mol. The molecule has 0 unspecified atom stereocenters. The summed E-state index contributed by atoms with van der Waals surface area (Å²) in [4.78, 5) is 0. The molecule has 1 aromatic rings. The highest BCUT2D eigenvalue weighted by Gasteiger charge is 2.44. The fraction of sp³-hybridized carbons (Fsp3) is 0.636. The van der Waals surface area contributed by atoms with Gasteiger partial charge >= 0.3 is 0 Å². The van der Waals surface area contributed by atoms with E-state index in [1.807, 2.05) is 0 Å². The molecule has 23 heavy (non-hydrogen) atoms. The third-order valence-corrected chi connectivity index (χ3v) is 5.86. The maximum Gasteiger partial charge on any atom is 0.124 e. The van der Waals surface area contributed by atoms with E-state index >= 15 is 0 Å². The van der Waals surface area contributed by atoms with Crippen molar-refractivity contribution in [1.29, 1.82) is 0 Å². The van der Waals surface area contributed by atoms with Crippen LogP contribution in [0.25, 0.3) is 0 Å². The quantitative estimate of drug-likeness (QED) is 0.465. The van der Waals surface area contributed by atoms with Crippen LogP contribution < -0.4 is 4.74 Å². The Morgan fingerprint density at radius 2 is 1.96 bits per heavy atom. The molecule has 0 saturated carbocycles. The summed E-state index contributed by atoms with van der Waals surface area (Å²) in [5, 5.41) is 0. The van der Waals surface area contributed by atoms with Gasteiger partial charge in [0, 0.05) is 11.5 Å². The van der Waals surface area contributed by atoms with Gasteiger partial charge in [-0.05, 0) is 76.5 Å². The first-order valence-electron chi connectivity index (χ1n) is 9.40. The number of benzene rings is 1. The van der Waals surface area contributed by atoms with Crippen LogP contribution >= 0.6 is 0 Å². The number of aryl methyl sites for hydroxylation is 2. The van der Waals surface area contributed by atoms with E-state index in [2.05, 4.69) is 52.8 Å². The summed E-state index contributed by atoms with van der Waals surface area (Å²) in [6, 6.07) is 4.75. The normalized spacial score (nSPS) is 25.2. The molecule has 0 aromatic heterocycles. The van der Waals surface area contributed by atoms with Gasteiger partial charge in [-0.3, -0.25) is 0 Å². The van der Waals surface area contributed by atoms with E-state index in [1.165, 1.54) is 48.8 Å². The lowest BCUT2D eigenvalue weighted by atomic mass is 9.66. The fourth-order valence-corrected chi connectivity index (χ4v) is 4.62. The zero-order chi connectivity index (χ0) is 16.6. The van der Waals surface area contributed by atoms with E-state index in [1.54, 1.807) is 5.57 Å². The van der Waals surface area contributed by atoms with Crippen LogP contribution in [0.2, 0.25) is 0 Å². The number of rotatable bonds is 4. The van der Waals surface area contributed by atoms with Crippen molar-refractivity contribution in [2.45, 2.75) is 84.7 Å². The predicted octanol–water partition coefficient (Wildman–Crippen LogP) is 6.34. The van der Waals surface area contributed by atoms with E-state index in [9.17, 15) is 0 Å². The molecule has 0 bridgehead atoms. The summed E-state index contributed by atoms with van der Waals surface area (Å²) in [7, 11) is 0. The minimum Gasteiger partial charge on any atom is -0.487 e. The molecule has 0 amide bonds. The Labute approximate surface area is 142 Å². The van der Waals surface area contributed by atoms with E-state index in [-0.39, 0.29) is 5.60 Å². The van der Waals surface area contributed by atoms with Crippen LogP contribution in [0.1, 0.15) is 82.4 Å². The summed E-state index contributed by atoms with van der Waals surface area (Å²) < 4.78 is 6.52. The van der Waals surface area contributed by atoms with Gasteiger partial charge in [-0.2, -0.15) is 0 Å². The molecule has 0 fully saturated rings. The van der Waals surface area contributed by atoms with Gasteiger partial charge in [0.2, 0.25) is 0 Å². The van der Waals surface area contributed by atoms with Crippen LogP contribution in [0.5, 0.6) is 5.75 Å². The molecule has 2 atom stereocenters. The fourth-order valence-electron chi connectivity index (χ4n) is 4.62. The number of allylic oxidation sites excluding steroid dienone is 2. The maximum atomic E-state index is 6.52. The zero-order valence-corrected chi connectivity index (χ0v) is 15.5. The second-order valence-electron chi connectivity index (χ2n) is 8.19. The van der Waals surface area contributed by atoms with Crippen molar-refractivity contribution in [3.63, 3.8) is 0 Å². The van der Waals surface area contributed by atoms with Crippen LogP contribution in [0.4, 0.5) is 0 Å². The van der Waals surface area contributed by atoms with Crippen molar-refractivity contribution in [2.24, 2.45) is 5.92 Å². The molecule has 1 aromatic carbocycles. The molecular formula is C22H32O. The van der Waals surface area contributed by atoms with Gasteiger partial charge in [0.1, 0.15) is 11.4 Å². The molecule has 1 heterocycles. The minimum atomic E-state index is -0.0661. The topological polar surface area (TPSA) is 9.23 Å². The van der Waals surface area contributed by atoms with Crippen LogP contribution in [0.3, 0.4) is 0 Å². The molecule has 2 aliphatic rings. The average Bonchev–Trinajstić information content (AvgIpc) is 2.46.